The Kier molecular flexibility index (Phi) is 5.16. The molecule has 5 heteroatoms. The summed E-state index contributed by atoms with van der Waals surface area (Å²) in [6.45, 7) is 1.83. The van der Waals surface area contributed by atoms with E-state index in [1.807, 2.05) is 61.5 Å². The van der Waals surface area contributed by atoms with Crippen LogP contribution in [0.25, 0.3) is 11.3 Å². The van der Waals surface area contributed by atoms with Gasteiger partial charge in [0.2, 0.25) is 5.91 Å². The maximum Gasteiger partial charge on any atom is 0.229 e. The van der Waals surface area contributed by atoms with Gasteiger partial charge >= 0.3 is 0 Å². The lowest BCUT2D eigenvalue weighted by Crippen LogP contribution is -2.16. The Morgan fingerprint density at radius 1 is 1.04 bits per heavy atom. The van der Waals surface area contributed by atoms with Gasteiger partial charge in [0.15, 0.2) is 5.82 Å². The van der Waals surface area contributed by atoms with E-state index in [4.69, 9.17) is 5.11 Å². The van der Waals surface area contributed by atoms with E-state index in [1.54, 1.807) is 6.20 Å². The maximum atomic E-state index is 12.2. The van der Waals surface area contributed by atoms with E-state index < -0.39 is 0 Å². The molecular weight excluding hydrogens is 314 g/mol. The number of rotatable bonds is 5. The largest absolute Gasteiger partial charge is 0.392 e. The van der Waals surface area contributed by atoms with Crippen molar-refractivity contribution in [3.05, 3.63) is 77.6 Å². The summed E-state index contributed by atoms with van der Waals surface area (Å²) in [6.07, 6.45) is 1.94. The average Bonchev–Trinajstić information content (AvgIpc) is 2.64. The standard InChI is InChI=1S/C20H19N3O2/c1-14-20(23-19(25)11-15-5-3-2-4-6-15)21-12-18(22-14)17-9-7-16(13-24)8-10-17/h2-10,12,24H,11,13H2,1H3,(H,21,23,25). The fraction of sp³-hybridized carbons (Fsp3) is 0.150. The number of aliphatic hydroxyl groups is 1. The Morgan fingerprint density at radius 2 is 1.76 bits per heavy atom. The van der Waals surface area contributed by atoms with E-state index in [0.717, 1.165) is 22.4 Å². The maximum absolute atomic E-state index is 12.2. The van der Waals surface area contributed by atoms with Gasteiger partial charge in [0, 0.05) is 5.56 Å². The van der Waals surface area contributed by atoms with Gasteiger partial charge in [0.1, 0.15) is 0 Å². The lowest BCUT2D eigenvalue weighted by molar-refractivity contribution is -0.115. The lowest BCUT2D eigenvalue weighted by Gasteiger charge is -2.09. The van der Waals surface area contributed by atoms with Gasteiger partial charge in [-0.05, 0) is 18.1 Å². The van der Waals surface area contributed by atoms with Crippen molar-refractivity contribution in [1.82, 2.24) is 9.97 Å². The number of hydrogen-bond acceptors (Lipinski definition) is 4. The Bertz CT molecular complexity index is 862. The van der Waals surface area contributed by atoms with Crippen molar-refractivity contribution >= 4 is 11.7 Å². The summed E-state index contributed by atoms with van der Waals surface area (Å²) in [5.74, 6) is 0.348. The molecule has 2 aromatic carbocycles. The highest BCUT2D eigenvalue weighted by atomic mass is 16.3. The molecule has 0 bridgehead atoms. The van der Waals surface area contributed by atoms with Crippen LogP contribution in [0.5, 0.6) is 0 Å². The van der Waals surface area contributed by atoms with E-state index in [0.29, 0.717) is 17.9 Å². The van der Waals surface area contributed by atoms with Crippen LogP contribution in [0.1, 0.15) is 16.8 Å². The van der Waals surface area contributed by atoms with Crippen LogP contribution in [0.2, 0.25) is 0 Å². The third-order valence-electron chi connectivity index (χ3n) is 3.84. The summed E-state index contributed by atoms with van der Waals surface area (Å²) >= 11 is 0. The van der Waals surface area contributed by atoms with Crippen LogP contribution in [0, 0.1) is 6.92 Å². The van der Waals surface area contributed by atoms with Gasteiger partial charge < -0.3 is 10.4 Å². The van der Waals surface area contributed by atoms with E-state index >= 15 is 0 Å². The summed E-state index contributed by atoms with van der Waals surface area (Å²) in [6, 6.07) is 17.0. The normalized spacial score (nSPS) is 10.5. The quantitative estimate of drug-likeness (QED) is 0.752. The first kappa shape index (κ1) is 16.8. The van der Waals surface area contributed by atoms with Crippen LogP contribution in [0.15, 0.2) is 60.8 Å². The Balaban J connectivity index is 1.72. The topological polar surface area (TPSA) is 75.1 Å². The molecule has 1 amide bonds. The first-order valence-corrected chi connectivity index (χ1v) is 8.03. The summed E-state index contributed by atoms with van der Waals surface area (Å²) in [5, 5.41) is 11.9. The highest BCUT2D eigenvalue weighted by Gasteiger charge is 2.10. The van der Waals surface area contributed by atoms with Crippen molar-refractivity contribution < 1.29 is 9.90 Å². The molecule has 3 rings (SSSR count). The van der Waals surface area contributed by atoms with Gasteiger partial charge in [-0.25, -0.2) is 9.97 Å². The Labute approximate surface area is 146 Å². The fourth-order valence-corrected chi connectivity index (χ4v) is 2.48. The van der Waals surface area contributed by atoms with Crippen molar-refractivity contribution in [3.8, 4) is 11.3 Å². The van der Waals surface area contributed by atoms with Crippen molar-refractivity contribution in [2.24, 2.45) is 0 Å². The zero-order chi connectivity index (χ0) is 17.6. The second-order valence-corrected chi connectivity index (χ2v) is 5.75. The number of nitrogens with one attached hydrogen (secondary N) is 1. The lowest BCUT2D eigenvalue weighted by atomic mass is 10.1. The van der Waals surface area contributed by atoms with Gasteiger partial charge in [-0.1, -0.05) is 54.6 Å². The Morgan fingerprint density at radius 3 is 2.40 bits per heavy atom. The van der Waals surface area contributed by atoms with Crippen LogP contribution >= 0.6 is 0 Å². The second kappa shape index (κ2) is 7.68. The van der Waals surface area contributed by atoms with Crippen molar-refractivity contribution in [3.63, 3.8) is 0 Å². The minimum absolute atomic E-state index is 0.0113. The van der Waals surface area contributed by atoms with Crippen LogP contribution in [0.3, 0.4) is 0 Å². The van der Waals surface area contributed by atoms with Gasteiger partial charge in [-0.2, -0.15) is 0 Å². The molecule has 0 saturated carbocycles. The number of hydrogen-bond donors (Lipinski definition) is 2. The number of anilines is 1. The SMILES string of the molecule is Cc1nc(-c2ccc(CO)cc2)cnc1NC(=O)Cc1ccccc1. The number of benzene rings is 2. The molecule has 25 heavy (non-hydrogen) atoms. The van der Waals surface area contributed by atoms with Crippen LogP contribution in [0.4, 0.5) is 5.82 Å². The van der Waals surface area contributed by atoms with E-state index in [-0.39, 0.29) is 12.5 Å². The third kappa shape index (κ3) is 4.28. The molecule has 0 aliphatic carbocycles. The first-order valence-electron chi connectivity index (χ1n) is 8.03. The van der Waals surface area contributed by atoms with Gasteiger partial charge in [-0.3, -0.25) is 4.79 Å². The molecule has 0 spiro atoms. The number of aromatic nitrogens is 2. The van der Waals surface area contributed by atoms with Crippen LogP contribution in [-0.2, 0) is 17.8 Å². The summed E-state index contributed by atoms with van der Waals surface area (Å²) in [5.41, 5.74) is 4.09. The molecule has 126 valence electrons. The molecule has 0 atom stereocenters. The fourth-order valence-electron chi connectivity index (χ4n) is 2.48. The van der Waals surface area contributed by atoms with E-state index in [1.165, 1.54) is 0 Å². The molecule has 0 aliphatic rings. The molecule has 1 aromatic heterocycles. The van der Waals surface area contributed by atoms with Crippen LogP contribution < -0.4 is 5.32 Å². The Hall–Kier alpha value is -3.05. The minimum atomic E-state index is -0.122. The molecule has 0 saturated heterocycles. The molecular formula is C20H19N3O2. The summed E-state index contributed by atoms with van der Waals surface area (Å²) in [7, 11) is 0. The predicted molar refractivity (Wildman–Crippen MR) is 96.9 cm³/mol. The van der Waals surface area contributed by atoms with Gasteiger partial charge in [0.25, 0.3) is 0 Å². The van der Waals surface area contributed by atoms with E-state index in [2.05, 4.69) is 15.3 Å². The number of aliphatic hydroxyl groups excluding tert-OH is 1. The summed E-state index contributed by atoms with van der Waals surface area (Å²) < 4.78 is 0. The smallest absolute Gasteiger partial charge is 0.229 e. The molecule has 3 aromatic rings. The number of aryl methyl sites for hydroxylation is 1. The zero-order valence-corrected chi connectivity index (χ0v) is 13.9. The summed E-state index contributed by atoms with van der Waals surface area (Å²) in [4.78, 5) is 21.0. The second-order valence-electron chi connectivity index (χ2n) is 5.75. The third-order valence-corrected chi connectivity index (χ3v) is 3.84. The van der Waals surface area contributed by atoms with Crippen molar-refractivity contribution in [2.75, 3.05) is 5.32 Å². The molecule has 2 N–H and O–H groups in total. The minimum Gasteiger partial charge on any atom is -0.392 e. The van der Waals surface area contributed by atoms with Gasteiger partial charge in [0.05, 0.1) is 30.6 Å². The monoisotopic (exact) mass is 333 g/mol. The van der Waals surface area contributed by atoms with Crippen LogP contribution in [-0.4, -0.2) is 21.0 Å². The number of nitrogens with zero attached hydrogens (tertiary/aromatic N) is 2. The van der Waals surface area contributed by atoms with Gasteiger partial charge in [-0.15, -0.1) is 0 Å². The predicted octanol–water partition coefficient (Wildman–Crippen LogP) is 3.13. The molecule has 0 fully saturated rings. The number of carbonyl (C=O) groups is 1. The van der Waals surface area contributed by atoms with E-state index in [9.17, 15) is 4.79 Å². The number of amides is 1. The highest BCUT2D eigenvalue weighted by Crippen LogP contribution is 2.20. The van der Waals surface area contributed by atoms with Crippen molar-refractivity contribution in [2.45, 2.75) is 20.0 Å². The molecule has 5 nitrogen and oxygen atoms in total. The molecule has 1 heterocycles. The van der Waals surface area contributed by atoms with Crippen molar-refractivity contribution in [1.29, 1.82) is 0 Å². The average molecular weight is 333 g/mol. The molecule has 0 aliphatic heterocycles. The highest BCUT2D eigenvalue weighted by molar-refractivity contribution is 5.91. The molecule has 0 radical (unpaired) electrons. The number of carbonyl (C=O) groups excluding carboxylic acids is 1. The zero-order valence-electron chi connectivity index (χ0n) is 13.9. The first-order chi connectivity index (χ1) is 12.2. The molecule has 0 unspecified atom stereocenters.